The van der Waals surface area contributed by atoms with E-state index in [1.54, 1.807) is 42.5 Å². The van der Waals surface area contributed by atoms with Crippen molar-refractivity contribution in [1.29, 1.82) is 0 Å². The van der Waals surface area contributed by atoms with Gasteiger partial charge < -0.3 is 25.2 Å². The lowest BCUT2D eigenvalue weighted by molar-refractivity contribution is -0.243. The molecule has 0 radical (unpaired) electrons. The Labute approximate surface area is 327 Å². The van der Waals surface area contributed by atoms with Gasteiger partial charge in [-0.25, -0.2) is 30.7 Å². The molecule has 4 rings (SSSR count). The number of hydrogen-bond donors (Lipinski definition) is 4. The molecule has 59 heavy (non-hydrogen) atoms. The smallest absolute Gasteiger partial charge is 0.471 e. The second-order valence-corrected chi connectivity index (χ2v) is 13.7. The first-order chi connectivity index (χ1) is 27.4. The summed E-state index contributed by atoms with van der Waals surface area (Å²) in [7, 11) is -3.91. The van der Waals surface area contributed by atoms with Crippen LogP contribution in [0.25, 0.3) is 0 Å². The number of carboxylic acid groups (broad SMARTS) is 1. The molecule has 0 aliphatic rings. The van der Waals surface area contributed by atoms with Crippen molar-refractivity contribution in [2.45, 2.75) is 49.5 Å². The Hall–Kier alpha value is -6.23. The highest BCUT2D eigenvalue weighted by Crippen LogP contribution is 2.35. The van der Waals surface area contributed by atoms with E-state index in [1.165, 1.54) is 19.1 Å². The van der Waals surface area contributed by atoms with Gasteiger partial charge in [-0.1, -0.05) is 48.0 Å². The lowest BCUT2D eigenvalue weighted by atomic mass is 10.0. The number of halogens is 10. The number of aliphatic carboxylic acids is 1. The predicted octanol–water partition coefficient (Wildman–Crippen LogP) is 5.32. The Balaban J connectivity index is 0.000000317. The van der Waals surface area contributed by atoms with Crippen LogP contribution >= 0.6 is 0 Å². The molecule has 0 fully saturated rings. The topological polar surface area (TPSA) is 177 Å². The van der Waals surface area contributed by atoms with Gasteiger partial charge in [0.05, 0.1) is 11.4 Å². The maximum absolute atomic E-state index is 13.6. The third kappa shape index (κ3) is 12.9. The highest BCUT2D eigenvalue weighted by molar-refractivity contribution is 7.89. The van der Waals surface area contributed by atoms with Crippen molar-refractivity contribution in [3.05, 3.63) is 125 Å². The van der Waals surface area contributed by atoms with Crippen molar-refractivity contribution >= 4 is 33.6 Å². The third-order valence-corrected chi connectivity index (χ3v) is 8.84. The summed E-state index contributed by atoms with van der Waals surface area (Å²) in [6, 6.07) is 13.1. The zero-order chi connectivity index (χ0) is 44.5. The summed E-state index contributed by atoms with van der Waals surface area (Å²) in [6.07, 6.45) is -11.1. The third-order valence-electron chi connectivity index (χ3n) is 7.42. The Morgan fingerprint density at radius 3 is 1.63 bits per heavy atom. The van der Waals surface area contributed by atoms with Gasteiger partial charge in [0.2, 0.25) is 33.5 Å². The summed E-state index contributed by atoms with van der Waals surface area (Å²) in [5, 5.41) is 13.8. The number of ether oxygens (including phenoxy) is 2. The Bertz CT molecular complexity index is 2210. The molecule has 0 spiro atoms. The second kappa shape index (κ2) is 19.5. The number of alkyl halides is 4. The average molecular weight is 870 g/mol. The molecule has 0 bridgehead atoms. The van der Waals surface area contributed by atoms with E-state index < -0.39 is 111 Å². The van der Waals surface area contributed by atoms with Crippen molar-refractivity contribution < 1.29 is 86.1 Å². The van der Waals surface area contributed by atoms with Crippen LogP contribution in [0.2, 0.25) is 0 Å². The molecule has 4 aromatic carbocycles. The van der Waals surface area contributed by atoms with Crippen LogP contribution in [0.1, 0.15) is 18.1 Å². The minimum Gasteiger partial charge on any atom is -0.480 e. The number of carboxylic acids is 1. The molecule has 2 amide bonds. The predicted molar refractivity (Wildman–Crippen MR) is 182 cm³/mol. The number of aryl methyl sites for hydroxylation is 1. The van der Waals surface area contributed by atoms with Crippen molar-refractivity contribution in [2.24, 2.45) is 0 Å². The number of nitrogens with one attached hydrogen (secondary N) is 3. The summed E-state index contributed by atoms with van der Waals surface area (Å²) in [5.41, 5.74) is 1.63. The number of carbonyl (C=O) groups excluding carboxylic acids is 3. The summed E-state index contributed by atoms with van der Waals surface area (Å²) in [5.74, 6) is -22.8. The molecule has 12 nitrogen and oxygen atoms in total. The van der Waals surface area contributed by atoms with Crippen LogP contribution in [-0.2, 0) is 35.6 Å². The molecule has 0 heterocycles. The highest BCUT2D eigenvalue weighted by atomic mass is 32.2. The average Bonchev–Trinajstić information content (AvgIpc) is 3.17. The molecular formula is C36H29F10N3O9S. The van der Waals surface area contributed by atoms with E-state index in [4.69, 9.17) is 5.11 Å². The van der Waals surface area contributed by atoms with Crippen molar-refractivity contribution in [3.63, 3.8) is 0 Å². The quantitative estimate of drug-likeness (QED) is 0.0858. The normalized spacial score (nSPS) is 12.6. The molecule has 23 heteroatoms. The Morgan fingerprint density at radius 2 is 1.17 bits per heavy atom. The van der Waals surface area contributed by atoms with Crippen LogP contribution < -0.4 is 24.8 Å². The Morgan fingerprint density at radius 1 is 0.695 bits per heavy atom. The maximum Gasteiger partial charge on any atom is 0.471 e. The number of benzene rings is 4. The van der Waals surface area contributed by atoms with Gasteiger partial charge in [-0.2, -0.15) is 26.3 Å². The number of Topliss-reactive ketones (excluding diaryl/α,β-unsaturated/α-hetero) is 1. The number of hydrogen-bond acceptors (Lipinski definition) is 8. The second-order valence-electron chi connectivity index (χ2n) is 11.9. The number of amides is 2. The molecule has 318 valence electrons. The van der Waals surface area contributed by atoms with E-state index in [2.05, 4.69) is 24.8 Å². The fourth-order valence-electron chi connectivity index (χ4n) is 4.35. The van der Waals surface area contributed by atoms with Gasteiger partial charge >= 0.3 is 24.0 Å². The monoisotopic (exact) mass is 869 g/mol. The minimum absolute atomic E-state index is 0.0137. The lowest BCUT2D eigenvalue weighted by Gasteiger charge is -2.22. The summed E-state index contributed by atoms with van der Waals surface area (Å²) in [4.78, 5) is 47.2. The van der Waals surface area contributed by atoms with Crippen LogP contribution in [0.3, 0.4) is 0 Å². The van der Waals surface area contributed by atoms with Gasteiger partial charge in [0, 0.05) is 6.42 Å². The summed E-state index contributed by atoms with van der Waals surface area (Å²) >= 11 is 0. The van der Waals surface area contributed by atoms with Gasteiger partial charge in [0.1, 0.15) is 12.1 Å². The molecule has 0 aromatic heterocycles. The van der Waals surface area contributed by atoms with Gasteiger partial charge in [-0.3, -0.25) is 19.2 Å². The molecule has 4 aromatic rings. The van der Waals surface area contributed by atoms with Crippen LogP contribution in [-0.4, -0.2) is 67.9 Å². The van der Waals surface area contributed by atoms with Crippen LogP contribution in [0, 0.1) is 41.8 Å². The fraction of sp³-hybridized carbons (Fsp3) is 0.222. The van der Waals surface area contributed by atoms with Gasteiger partial charge in [-0.05, 0) is 55.8 Å². The molecule has 0 aliphatic carbocycles. The van der Waals surface area contributed by atoms with Crippen molar-refractivity contribution in [2.75, 3.05) is 6.54 Å². The molecular weight excluding hydrogens is 840 g/mol. The fourth-order valence-corrected chi connectivity index (χ4v) is 5.34. The van der Waals surface area contributed by atoms with Crippen LogP contribution in [0.15, 0.2) is 83.8 Å². The van der Waals surface area contributed by atoms with Crippen LogP contribution in [0.5, 0.6) is 11.5 Å². The first-order valence-electron chi connectivity index (χ1n) is 16.2. The van der Waals surface area contributed by atoms with Crippen LogP contribution in [0.4, 0.5) is 43.9 Å². The van der Waals surface area contributed by atoms with E-state index in [0.29, 0.717) is 0 Å². The zero-order valence-corrected chi connectivity index (χ0v) is 30.8. The number of carbonyl (C=O) groups is 4. The van der Waals surface area contributed by atoms with Gasteiger partial charge in [0.15, 0.2) is 34.8 Å². The first kappa shape index (κ1) is 47.1. The van der Waals surface area contributed by atoms with Gasteiger partial charge in [-0.15, -0.1) is 0 Å². The van der Waals surface area contributed by atoms with E-state index in [1.807, 2.05) is 6.92 Å². The van der Waals surface area contributed by atoms with E-state index in [9.17, 15) is 71.5 Å². The first-order valence-corrected chi connectivity index (χ1v) is 17.7. The zero-order valence-electron chi connectivity index (χ0n) is 30.0. The largest absolute Gasteiger partial charge is 0.480 e. The molecule has 2 atom stereocenters. The standard InChI is InChI=1S/C21H25N3O6S.C15H4F10O3/c1-14-8-10-17(11-9-14)31(29,30)22-13-19(25)24-18(12-16-6-4-3-5-7-16)20(26)23-15(2)21(27)28;16-5-1-3-7(11(20)9(5)18)27-14(22,23)13(26)15(24,25)28-8-4-2-6(17)10(19)12(8)21/h3-11,15,18,22H,12-13H2,1-2H3,(H,23,26)(H,24,25)(H,27,28);1-4H/t15-,18-;/m0./s1. The number of sulfonamides is 1. The molecule has 0 aliphatic heterocycles. The highest BCUT2D eigenvalue weighted by Gasteiger charge is 2.60. The number of ketones is 1. The molecule has 4 N–H and O–H groups in total. The molecule has 0 saturated carbocycles. The molecule has 0 unspecified atom stereocenters. The lowest BCUT2D eigenvalue weighted by Crippen LogP contribution is -2.53. The van der Waals surface area contributed by atoms with Crippen molar-refractivity contribution in [3.8, 4) is 11.5 Å². The van der Waals surface area contributed by atoms with Gasteiger partial charge in [0.25, 0.3) is 0 Å². The maximum atomic E-state index is 13.6. The number of rotatable bonds is 16. The van der Waals surface area contributed by atoms with Crippen molar-refractivity contribution in [1.82, 2.24) is 15.4 Å². The minimum atomic E-state index is -5.59. The SMILES string of the molecule is Cc1ccc(S(=O)(=O)NCC(=O)N[C@@H](Cc2ccccc2)C(=O)N[C@@H](C)C(=O)O)cc1.O=C(C(F)(F)Oc1ccc(F)c(F)c1F)C(F)(F)Oc1ccc(F)c(F)c1F. The summed E-state index contributed by atoms with van der Waals surface area (Å²) in [6.45, 7) is 2.54. The van der Waals surface area contributed by atoms with E-state index in [-0.39, 0.29) is 35.6 Å². The summed E-state index contributed by atoms with van der Waals surface area (Å²) < 4.78 is 166. The molecule has 0 saturated heterocycles. The Kier molecular flexibility index (Phi) is 15.6. The van der Waals surface area contributed by atoms with E-state index in [0.717, 1.165) is 11.1 Å². The van der Waals surface area contributed by atoms with E-state index >= 15 is 0 Å².